The van der Waals surface area contributed by atoms with E-state index in [1.165, 1.54) is 0 Å². The zero-order valence-corrected chi connectivity index (χ0v) is 17.6. The van der Waals surface area contributed by atoms with Crippen LogP contribution in [0.15, 0.2) is 72.8 Å². The van der Waals surface area contributed by atoms with E-state index in [2.05, 4.69) is 5.32 Å². The molecule has 2 heterocycles. The summed E-state index contributed by atoms with van der Waals surface area (Å²) in [4.78, 5) is 17.4. The normalized spacial score (nSPS) is 12.4. The van der Waals surface area contributed by atoms with Crippen molar-refractivity contribution in [1.29, 1.82) is 0 Å². The third-order valence-electron chi connectivity index (χ3n) is 5.18. The molecule has 3 aromatic carbocycles. The van der Waals surface area contributed by atoms with Crippen molar-refractivity contribution in [3.8, 4) is 28.5 Å². The van der Waals surface area contributed by atoms with Crippen molar-refractivity contribution in [3.05, 3.63) is 78.4 Å². The Morgan fingerprint density at radius 1 is 0.969 bits per heavy atom. The van der Waals surface area contributed by atoms with E-state index in [4.69, 9.17) is 19.2 Å². The van der Waals surface area contributed by atoms with E-state index in [-0.39, 0.29) is 12.5 Å². The van der Waals surface area contributed by atoms with Gasteiger partial charge in [0.1, 0.15) is 19.0 Å². The summed E-state index contributed by atoms with van der Waals surface area (Å²) in [5.41, 5.74) is 4.32. The molecule has 0 saturated carbocycles. The van der Waals surface area contributed by atoms with Crippen molar-refractivity contribution < 1.29 is 19.0 Å². The summed E-state index contributed by atoms with van der Waals surface area (Å²) in [6, 6.07) is 23.1. The molecule has 6 nitrogen and oxygen atoms in total. The molecule has 160 valence electrons. The predicted molar refractivity (Wildman–Crippen MR) is 123 cm³/mol. The van der Waals surface area contributed by atoms with Crippen LogP contribution in [0.5, 0.6) is 17.2 Å². The molecule has 32 heavy (non-hydrogen) atoms. The average molecular weight is 426 g/mol. The summed E-state index contributed by atoms with van der Waals surface area (Å²) in [6.45, 7) is 2.90. The van der Waals surface area contributed by atoms with E-state index >= 15 is 0 Å². The first-order chi connectivity index (χ1) is 15.7. The third-order valence-corrected chi connectivity index (χ3v) is 5.18. The van der Waals surface area contributed by atoms with Gasteiger partial charge in [0.2, 0.25) is 0 Å². The van der Waals surface area contributed by atoms with Crippen LogP contribution in [0.2, 0.25) is 0 Å². The molecule has 0 bridgehead atoms. The van der Waals surface area contributed by atoms with E-state index in [0.29, 0.717) is 36.1 Å². The van der Waals surface area contributed by atoms with Gasteiger partial charge in [-0.25, -0.2) is 4.98 Å². The van der Waals surface area contributed by atoms with Crippen LogP contribution in [0.4, 0.5) is 5.69 Å². The lowest BCUT2D eigenvalue weighted by Crippen LogP contribution is -2.21. The number of fused-ring (bicyclic) bond motifs is 2. The van der Waals surface area contributed by atoms with Gasteiger partial charge in [-0.1, -0.05) is 42.0 Å². The average Bonchev–Trinajstić information content (AvgIpc) is 2.83. The number of aryl methyl sites for hydroxylation is 1. The second kappa shape index (κ2) is 8.59. The van der Waals surface area contributed by atoms with E-state index < -0.39 is 0 Å². The van der Waals surface area contributed by atoms with E-state index in [1.807, 2.05) is 61.5 Å². The maximum absolute atomic E-state index is 12.6. The first-order valence-electron chi connectivity index (χ1n) is 10.4. The maximum Gasteiger partial charge on any atom is 0.262 e. The smallest absolute Gasteiger partial charge is 0.262 e. The third kappa shape index (κ3) is 4.21. The summed E-state index contributed by atoms with van der Waals surface area (Å²) < 4.78 is 17.1. The highest BCUT2D eigenvalue weighted by Crippen LogP contribution is 2.33. The van der Waals surface area contributed by atoms with Gasteiger partial charge >= 0.3 is 0 Å². The Morgan fingerprint density at radius 2 is 1.78 bits per heavy atom. The van der Waals surface area contributed by atoms with Gasteiger partial charge in [-0.05, 0) is 31.2 Å². The van der Waals surface area contributed by atoms with E-state index in [0.717, 1.165) is 27.7 Å². The Labute approximate surface area is 185 Å². The van der Waals surface area contributed by atoms with Gasteiger partial charge in [0.15, 0.2) is 18.1 Å². The van der Waals surface area contributed by atoms with E-state index in [1.54, 1.807) is 18.2 Å². The van der Waals surface area contributed by atoms with Crippen LogP contribution in [0.25, 0.3) is 22.2 Å². The SMILES string of the molecule is Cc1ccc2nc(-c3ccccc3)cc(OCC(=O)Nc3ccc4c(c3)OCCO4)c2c1. The maximum atomic E-state index is 12.6. The Bertz CT molecular complexity index is 1290. The first kappa shape index (κ1) is 19.9. The highest BCUT2D eigenvalue weighted by atomic mass is 16.6. The minimum Gasteiger partial charge on any atom is -0.486 e. The van der Waals surface area contributed by atoms with Gasteiger partial charge in [0.05, 0.1) is 11.2 Å². The molecule has 0 spiro atoms. The van der Waals surface area contributed by atoms with Gasteiger partial charge in [0.25, 0.3) is 5.91 Å². The molecule has 4 aromatic rings. The second-order valence-electron chi connectivity index (χ2n) is 7.59. The van der Waals surface area contributed by atoms with E-state index in [9.17, 15) is 4.79 Å². The molecule has 1 N–H and O–H groups in total. The van der Waals surface area contributed by atoms with Gasteiger partial charge < -0.3 is 19.5 Å². The molecule has 1 aliphatic rings. The van der Waals surface area contributed by atoms with Crippen LogP contribution in [0, 0.1) is 6.92 Å². The number of ether oxygens (including phenoxy) is 3. The highest BCUT2D eigenvalue weighted by molar-refractivity contribution is 5.93. The molecular formula is C26H22N2O4. The largest absolute Gasteiger partial charge is 0.486 e. The molecule has 1 aromatic heterocycles. The van der Waals surface area contributed by atoms with Crippen LogP contribution in [0.1, 0.15) is 5.56 Å². The number of aromatic nitrogens is 1. The molecular weight excluding hydrogens is 404 g/mol. The Hall–Kier alpha value is -4.06. The zero-order chi connectivity index (χ0) is 21.9. The number of carbonyl (C=O) groups excluding carboxylic acids is 1. The van der Waals surface area contributed by atoms with Crippen LogP contribution >= 0.6 is 0 Å². The van der Waals surface area contributed by atoms with Gasteiger partial charge in [-0.3, -0.25) is 4.79 Å². The first-order valence-corrected chi connectivity index (χ1v) is 10.4. The molecule has 0 fully saturated rings. The molecule has 0 unspecified atom stereocenters. The monoisotopic (exact) mass is 426 g/mol. The molecule has 0 atom stereocenters. The Kier molecular flexibility index (Phi) is 5.34. The molecule has 1 aliphatic heterocycles. The van der Waals surface area contributed by atoms with Crippen molar-refractivity contribution in [1.82, 2.24) is 4.98 Å². The fourth-order valence-corrected chi connectivity index (χ4v) is 3.65. The fourth-order valence-electron chi connectivity index (χ4n) is 3.65. The molecule has 1 amide bonds. The van der Waals surface area contributed by atoms with Crippen LogP contribution < -0.4 is 19.5 Å². The van der Waals surface area contributed by atoms with Gasteiger partial charge in [0, 0.05) is 28.8 Å². The molecule has 6 heteroatoms. The van der Waals surface area contributed by atoms with Gasteiger partial charge in [-0.2, -0.15) is 0 Å². The molecule has 0 saturated heterocycles. The summed E-state index contributed by atoms with van der Waals surface area (Å²) >= 11 is 0. The van der Waals surface area contributed by atoms with Crippen LogP contribution in [-0.4, -0.2) is 30.7 Å². The quantitative estimate of drug-likeness (QED) is 0.486. The number of amides is 1. The van der Waals surface area contributed by atoms with Crippen LogP contribution in [-0.2, 0) is 4.79 Å². The lowest BCUT2D eigenvalue weighted by molar-refractivity contribution is -0.118. The lowest BCUT2D eigenvalue weighted by atomic mass is 10.1. The number of hydrogen-bond acceptors (Lipinski definition) is 5. The molecule has 5 rings (SSSR count). The second-order valence-corrected chi connectivity index (χ2v) is 7.59. The summed E-state index contributed by atoms with van der Waals surface area (Å²) in [7, 11) is 0. The number of nitrogens with zero attached hydrogens (tertiary/aromatic N) is 1. The van der Waals surface area contributed by atoms with Crippen molar-refractivity contribution in [2.45, 2.75) is 6.92 Å². The summed E-state index contributed by atoms with van der Waals surface area (Å²) in [5.74, 6) is 1.66. The molecule has 0 aliphatic carbocycles. The standard InChI is InChI=1S/C26H22N2O4/c1-17-7-9-21-20(13-17)24(15-22(28-21)18-5-3-2-4-6-18)32-16-26(29)27-19-8-10-23-25(14-19)31-12-11-30-23/h2-10,13-15H,11-12,16H2,1H3,(H,27,29). The molecule has 0 radical (unpaired) electrons. The number of hydrogen-bond donors (Lipinski definition) is 1. The van der Waals surface area contributed by atoms with Crippen LogP contribution in [0.3, 0.4) is 0 Å². The summed E-state index contributed by atoms with van der Waals surface area (Å²) in [6.07, 6.45) is 0. The Balaban J connectivity index is 1.37. The number of benzene rings is 3. The van der Waals surface area contributed by atoms with Crippen molar-refractivity contribution >= 4 is 22.5 Å². The van der Waals surface area contributed by atoms with Gasteiger partial charge in [-0.15, -0.1) is 0 Å². The van der Waals surface area contributed by atoms with Crippen molar-refractivity contribution in [2.75, 3.05) is 25.1 Å². The lowest BCUT2D eigenvalue weighted by Gasteiger charge is -2.19. The number of pyridine rings is 1. The topological polar surface area (TPSA) is 69.7 Å². The zero-order valence-electron chi connectivity index (χ0n) is 17.6. The Morgan fingerprint density at radius 3 is 2.62 bits per heavy atom. The number of anilines is 1. The highest BCUT2D eigenvalue weighted by Gasteiger charge is 2.14. The number of rotatable bonds is 5. The minimum atomic E-state index is -0.263. The predicted octanol–water partition coefficient (Wildman–Crippen LogP) is 5.00. The summed E-state index contributed by atoms with van der Waals surface area (Å²) in [5, 5.41) is 3.72. The van der Waals surface area contributed by atoms with Crippen molar-refractivity contribution in [2.24, 2.45) is 0 Å². The minimum absolute atomic E-state index is 0.129. The number of carbonyl (C=O) groups is 1. The number of nitrogens with one attached hydrogen (secondary N) is 1. The van der Waals surface area contributed by atoms with Crippen molar-refractivity contribution in [3.63, 3.8) is 0 Å². The fraction of sp³-hybridized carbons (Fsp3) is 0.154.